The Bertz CT molecular complexity index is 1650. The number of aromatic nitrogens is 2. The molecule has 42 heavy (non-hydrogen) atoms. The molecule has 1 atom stereocenters. The first-order valence-electron chi connectivity index (χ1n) is 13.6. The molecule has 0 aliphatic carbocycles. The maximum atomic E-state index is 11.8. The maximum Gasteiger partial charge on any atom is 0.247 e. The fourth-order valence-electron chi connectivity index (χ4n) is 4.57. The smallest absolute Gasteiger partial charge is 0.247 e. The van der Waals surface area contributed by atoms with Crippen molar-refractivity contribution < 1.29 is 19.1 Å². The molecule has 5 aromatic rings. The monoisotopic (exact) mass is 563 g/mol. The van der Waals surface area contributed by atoms with Crippen LogP contribution in [0.5, 0.6) is 5.75 Å². The molecular weight excluding hydrogens is 530 g/mol. The third kappa shape index (κ3) is 6.49. The largest absolute Gasteiger partial charge is 0.492 e. The fourth-order valence-corrected chi connectivity index (χ4v) is 4.57. The molecular formula is C33H33N5O4. The number of likely N-dealkylation sites (N-methyl/N-ethyl adjacent to an activating group) is 1. The van der Waals surface area contributed by atoms with Gasteiger partial charge in [-0.3, -0.25) is 4.79 Å². The standard InChI is InChI=1S/C33H33N5O4/c1-4-28(40)36-25-14-10-23(11-15-25)29-30-32(37-27(20-39)22-8-6-5-7-9-22)34-21-35-33(30)42-31(29)24-12-16-26(17-13-24)41-19-18-38(2)3/h4-17,21,27,39H,1,18-20H2,2-3H3,(H,36,40)(H,34,35,37)/t27-/m1/s1. The van der Waals surface area contributed by atoms with Gasteiger partial charge < -0.3 is 29.8 Å². The van der Waals surface area contributed by atoms with E-state index in [4.69, 9.17) is 9.15 Å². The molecule has 2 heterocycles. The summed E-state index contributed by atoms with van der Waals surface area (Å²) in [5.74, 6) is 1.61. The third-order valence-electron chi connectivity index (χ3n) is 6.73. The molecule has 9 heteroatoms. The van der Waals surface area contributed by atoms with E-state index in [2.05, 4.69) is 32.1 Å². The van der Waals surface area contributed by atoms with Crippen LogP contribution >= 0.6 is 0 Å². The zero-order chi connectivity index (χ0) is 29.5. The first kappa shape index (κ1) is 28.5. The van der Waals surface area contributed by atoms with Gasteiger partial charge in [0, 0.05) is 23.4 Å². The number of fused-ring (bicyclic) bond motifs is 1. The van der Waals surface area contributed by atoms with Crippen LogP contribution in [-0.4, -0.2) is 59.7 Å². The first-order chi connectivity index (χ1) is 20.5. The Morgan fingerprint density at radius 3 is 2.40 bits per heavy atom. The Morgan fingerprint density at radius 2 is 1.74 bits per heavy atom. The van der Waals surface area contributed by atoms with Crippen molar-refractivity contribution in [3.05, 3.63) is 103 Å². The number of furan rings is 1. The van der Waals surface area contributed by atoms with Crippen molar-refractivity contribution in [2.45, 2.75) is 6.04 Å². The maximum absolute atomic E-state index is 11.8. The number of nitrogens with zero attached hydrogens (tertiary/aromatic N) is 3. The summed E-state index contributed by atoms with van der Waals surface area (Å²) in [6.45, 7) is 4.77. The second kappa shape index (κ2) is 13.1. The molecule has 0 aliphatic heterocycles. The van der Waals surface area contributed by atoms with Crippen molar-refractivity contribution in [3.8, 4) is 28.2 Å². The van der Waals surface area contributed by atoms with Crippen molar-refractivity contribution in [2.24, 2.45) is 0 Å². The van der Waals surface area contributed by atoms with Gasteiger partial charge in [-0.1, -0.05) is 49.0 Å². The Morgan fingerprint density at radius 1 is 1.02 bits per heavy atom. The molecule has 5 rings (SSSR count). The summed E-state index contributed by atoms with van der Waals surface area (Å²) in [4.78, 5) is 22.9. The average Bonchev–Trinajstić information content (AvgIpc) is 3.41. The SMILES string of the molecule is C=CC(=O)Nc1ccc(-c2c(-c3ccc(OCCN(C)C)cc3)oc3ncnc(N[C@H](CO)c4ccccc4)c23)cc1. The number of ether oxygens (including phenoxy) is 1. The summed E-state index contributed by atoms with van der Waals surface area (Å²) in [5.41, 5.74) is 4.41. The zero-order valence-electron chi connectivity index (χ0n) is 23.6. The number of benzene rings is 3. The molecule has 0 bridgehead atoms. The molecule has 0 radical (unpaired) electrons. The van der Waals surface area contributed by atoms with E-state index >= 15 is 0 Å². The molecule has 0 saturated carbocycles. The van der Waals surface area contributed by atoms with Crippen molar-refractivity contribution >= 4 is 28.5 Å². The Balaban J connectivity index is 1.59. The van der Waals surface area contributed by atoms with E-state index in [0.29, 0.717) is 35.0 Å². The predicted molar refractivity (Wildman–Crippen MR) is 165 cm³/mol. The van der Waals surface area contributed by atoms with Crippen LogP contribution in [0.25, 0.3) is 33.6 Å². The Hall–Kier alpha value is -4.99. The minimum Gasteiger partial charge on any atom is -0.492 e. The van der Waals surface area contributed by atoms with Crippen LogP contribution in [0.4, 0.5) is 11.5 Å². The van der Waals surface area contributed by atoms with E-state index < -0.39 is 6.04 Å². The van der Waals surface area contributed by atoms with Gasteiger partial charge in [0.15, 0.2) is 0 Å². The summed E-state index contributed by atoms with van der Waals surface area (Å²) < 4.78 is 12.3. The normalized spacial score (nSPS) is 11.8. The lowest BCUT2D eigenvalue weighted by molar-refractivity contribution is -0.111. The second-order valence-corrected chi connectivity index (χ2v) is 9.95. The number of nitrogens with one attached hydrogen (secondary N) is 2. The van der Waals surface area contributed by atoms with Gasteiger partial charge in [0.1, 0.15) is 30.3 Å². The van der Waals surface area contributed by atoms with Gasteiger partial charge in [-0.2, -0.15) is 0 Å². The molecule has 9 nitrogen and oxygen atoms in total. The topological polar surface area (TPSA) is 113 Å². The van der Waals surface area contributed by atoms with E-state index in [9.17, 15) is 9.90 Å². The molecule has 1 amide bonds. The van der Waals surface area contributed by atoms with Crippen LogP contribution in [0.15, 0.2) is 102 Å². The van der Waals surface area contributed by atoms with Gasteiger partial charge in [0.05, 0.1) is 18.0 Å². The van der Waals surface area contributed by atoms with Crippen molar-refractivity contribution in [1.82, 2.24) is 14.9 Å². The number of aliphatic hydroxyl groups is 1. The lowest BCUT2D eigenvalue weighted by Crippen LogP contribution is -2.19. The van der Waals surface area contributed by atoms with Crippen molar-refractivity contribution in [1.29, 1.82) is 0 Å². The van der Waals surface area contributed by atoms with Gasteiger partial charge in [-0.05, 0) is 67.7 Å². The molecule has 2 aromatic heterocycles. The van der Waals surface area contributed by atoms with E-state index in [1.54, 1.807) is 0 Å². The highest BCUT2D eigenvalue weighted by Gasteiger charge is 2.24. The van der Waals surface area contributed by atoms with Crippen LogP contribution in [-0.2, 0) is 4.79 Å². The summed E-state index contributed by atoms with van der Waals surface area (Å²) in [6, 6.07) is 24.5. The highest BCUT2D eigenvalue weighted by atomic mass is 16.5. The number of hydrogen-bond donors (Lipinski definition) is 3. The minimum absolute atomic E-state index is 0.136. The van der Waals surface area contributed by atoms with Crippen molar-refractivity contribution in [3.63, 3.8) is 0 Å². The van der Waals surface area contributed by atoms with Crippen LogP contribution in [0, 0.1) is 0 Å². The number of amides is 1. The first-order valence-corrected chi connectivity index (χ1v) is 13.6. The minimum atomic E-state index is -0.398. The van der Waals surface area contributed by atoms with Crippen molar-refractivity contribution in [2.75, 3.05) is 44.5 Å². The molecule has 0 unspecified atom stereocenters. The van der Waals surface area contributed by atoms with E-state index in [0.717, 1.165) is 34.5 Å². The lowest BCUT2D eigenvalue weighted by Gasteiger charge is -2.18. The molecule has 214 valence electrons. The number of anilines is 2. The van der Waals surface area contributed by atoms with Crippen LogP contribution in [0.1, 0.15) is 11.6 Å². The Labute approximate surface area is 244 Å². The van der Waals surface area contributed by atoms with E-state index in [1.807, 2.05) is 93.0 Å². The van der Waals surface area contributed by atoms with Gasteiger partial charge in [-0.25, -0.2) is 9.97 Å². The van der Waals surface area contributed by atoms with Crippen LogP contribution in [0.3, 0.4) is 0 Å². The third-order valence-corrected chi connectivity index (χ3v) is 6.73. The fraction of sp³-hybridized carbons (Fsp3) is 0.182. The lowest BCUT2D eigenvalue weighted by atomic mass is 9.98. The highest BCUT2D eigenvalue weighted by Crippen LogP contribution is 2.43. The van der Waals surface area contributed by atoms with Gasteiger partial charge in [0.2, 0.25) is 11.6 Å². The van der Waals surface area contributed by atoms with Crippen LogP contribution < -0.4 is 15.4 Å². The van der Waals surface area contributed by atoms with Gasteiger partial charge >= 0.3 is 0 Å². The molecule has 0 saturated heterocycles. The van der Waals surface area contributed by atoms with Gasteiger partial charge in [0.25, 0.3) is 0 Å². The quantitative estimate of drug-likeness (QED) is 0.164. The zero-order valence-corrected chi connectivity index (χ0v) is 23.6. The molecule has 3 aromatic carbocycles. The summed E-state index contributed by atoms with van der Waals surface area (Å²) in [5, 5.41) is 17.1. The van der Waals surface area contributed by atoms with E-state index in [-0.39, 0.29) is 12.5 Å². The number of carbonyl (C=O) groups is 1. The molecule has 0 aliphatic rings. The number of aliphatic hydroxyl groups excluding tert-OH is 1. The number of rotatable bonds is 12. The number of hydrogen-bond acceptors (Lipinski definition) is 8. The summed E-state index contributed by atoms with van der Waals surface area (Å²) in [7, 11) is 4.01. The van der Waals surface area contributed by atoms with E-state index in [1.165, 1.54) is 12.4 Å². The van der Waals surface area contributed by atoms with Gasteiger partial charge in [-0.15, -0.1) is 0 Å². The average molecular weight is 564 g/mol. The molecule has 0 fully saturated rings. The molecule has 0 spiro atoms. The second-order valence-electron chi connectivity index (χ2n) is 9.95. The van der Waals surface area contributed by atoms with Crippen LogP contribution in [0.2, 0.25) is 0 Å². The Kier molecular flexibility index (Phi) is 8.91. The summed E-state index contributed by atoms with van der Waals surface area (Å²) in [6.07, 6.45) is 2.67. The highest BCUT2D eigenvalue weighted by molar-refractivity contribution is 6.06. The predicted octanol–water partition coefficient (Wildman–Crippen LogP) is 5.77. The molecule has 3 N–H and O–H groups in total. The summed E-state index contributed by atoms with van der Waals surface area (Å²) >= 11 is 0. The number of carbonyl (C=O) groups excluding carboxylic acids is 1.